The van der Waals surface area contributed by atoms with E-state index in [0.29, 0.717) is 24.4 Å². The van der Waals surface area contributed by atoms with Gasteiger partial charge in [0.1, 0.15) is 5.82 Å². The number of benzene rings is 1. The van der Waals surface area contributed by atoms with Crippen LogP contribution in [0.2, 0.25) is 0 Å². The molecule has 17 heavy (non-hydrogen) atoms. The molecular formula is C11H16FN3O2. The number of amidine groups is 1. The summed E-state index contributed by atoms with van der Waals surface area (Å²) in [7, 11) is 3.35. The van der Waals surface area contributed by atoms with E-state index < -0.39 is 5.82 Å². The first kappa shape index (κ1) is 13.2. The standard InChI is InChI=1S/C11H16FN3O2/c1-15(5-6-17-2)10-4-3-8(7-9(10)12)11(13)14-16/h3-4,7,16H,5-6H2,1-2H3,(H2,13,14). The third-order valence-corrected chi connectivity index (χ3v) is 2.39. The molecule has 0 amide bonds. The molecule has 0 radical (unpaired) electrons. The molecule has 0 aliphatic rings. The van der Waals surface area contributed by atoms with Crippen LogP contribution in [-0.4, -0.2) is 38.4 Å². The average molecular weight is 241 g/mol. The van der Waals surface area contributed by atoms with Crippen molar-refractivity contribution in [2.24, 2.45) is 10.9 Å². The first-order valence-corrected chi connectivity index (χ1v) is 5.07. The van der Waals surface area contributed by atoms with E-state index in [9.17, 15) is 4.39 Å². The zero-order valence-corrected chi connectivity index (χ0v) is 9.85. The van der Waals surface area contributed by atoms with Gasteiger partial charge in [-0.1, -0.05) is 5.16 Å². The topological polar surface area (TPSA) is 71.1 Å². The molecular weight excluding hydrogens is 225 g/mol. The molecule has 3 N–H and O–H groups in total. The molecule has 94 valence electrons. The largest absolute Gasteiger partial charge is 0.409 e. The summed E-state index contributed by atoms with van der Waals surface area (Å²) in [4.78, 5) is 1.73. The first-order valence-electron chi connectivity index (χ1n) is 5.07. The van der Waals surface area contributed by atoms with Gasteiger partial charge in [0.2, 0.25) is 0 Å². The van der Waals surface area contributed by atoms with Crippen LogP contribution in [0.3, 0.4) is 0 Å². The maximum Gasteiger partial charge on any atom is 0.170 e. The van der Waals surface area contributed by atoms with Crippen molar-refractivity contribution in [3.05, 3.63) is 29.6 Å². The smallest absolute Gasteiger partial charge is 0.170 e. The van der Waals surface area contributed by atoms with Gasteiger partial charge >= 0.3 is 0 Å². The molecule has 5 nitrogen and oxygen atoms in total. The lowest BCUT2D eigenvalue weighted by molar-refractivity contribution is 0.206. The van der Waals surface area contributed by atoms with Crippen LogP contribution in [0.4, 0.5) is 10.1 Å². The van der Waals surface area contributed by atoms with Gasteiger partial charge in [0, 0.05) is 26.3 Å². The van der Waals surface area contributed by atoms with E-state index in [1.807, 2.05) is 0 Å². The molecule has 0 saturated heterocycles. The summed E-state index contributed by atoms with van der Waals surface area (Å²) in [6.07, 6.45) is 0. The van der Waals surface area contributed by atoms with Crippen molar-refractivity contribution >= 4 is 11.5 Å². The molecule has 1 aromatic carbocycles. The van der Waals surface area contributed by atoms with E-state index in [1.165, 1.54) is 6.07 Å². The van der Waals surface area contributed by atoms with Gasteiger partial charge in [-0.2, -0.15) is 0 Å². The molecule has 0 unspecified atom stereocenters. The van der Waals surface area contributed by atoms with Crippen molar-refractivity contribution in [2.75, 3.05) is 32.2 Å². The summed E-state index contributed by atoms with van der Waals surface area (Å²) in [6.45, 7) is 1.09. The number of hydrogen-bond donors (Lipinski definition) is 2. The molecule has 0 atom stereocenters. The number of oxime groups is 1. The predicted molar refractivity (Wildman–Crippen MR) is 64.1 cm³/mol. The SMILES string of the molecule is COCCN(C)c1ccc(C(N)=NO)cc1F. The van der Waals surface area contributed by atoms with Gasteiger partial charge in [-0.15, -0.1) is 0 Å². The Bertz CT molecular complexity index is 410. The Morgan fingerprint density at radius 1 is 1.59 bits per heavy atom. The Balaban J connectivity index is 2.89. The Labute approximate surface area is 99.3 Å². The van der Waals surface area contributed by atoms with Crippen molar-refractivity contribution in [1.29, 1.82) is 0 Å². The van der Waals surface area contributed by atoms with Crippen LogP contribution >= 0.6 is 0 Å². The predicted octanol–water partition coefficient (Wildman–Crippen LogP) is 1.00. The van der Waals surface area contributed by atoms with Gasteiger partial charge in [-0.25, -0.2) is 4.39 Å². The van der Waals surface area contributed by atoms with Gasteiger partial charge in [0.25, 0.3) is 0 Å². The van der Waals surface area contributed by atoms with E-state index in [0.717, 1.165) is 0 Å². The van der Waals surface area contributed by atoms with Crippen LogP contribution in [0.1, 0.15) is 5.56 Å². The summed E-state index contributed by atoms with van der Waals surface area (Å²) >= 11 is 0. The molecule has 6 heteroatoms. The lowest BCUT2D eigenvalue weighted by Crippen LogP contribution is -2.23. The number of ether oxygens (including phenoxy) is 1. The van der Waals surface area contributed by atoms with Crippen molar-refractivity contribution in [1.82, 2.24) is 0 Å². The van der Waals surface area contributed by atoms with E-state index in [1.54, 1.807) is 31.2 Å². The minimum absolute atomic E-state index is 0.116. The third-order valence-electron chi connectivity index (χ3n) is 2.39. The molecule has 0 saturated carbocycles. The fourth-order valence-corrected chi connectivity index (χ4v) is 1.38. The maximum absolute atomic E-state index is 13.7. The average Bonchev–Trinajstić information content (AvgIpc) is 2.34. The molecule has 0 bridgehead atoms. The van der Waals surface area contributed by atoms with E-state index in [2.05, 4.69) is 5.16 Å². The minimum atomic E-state index is -0.423. The van der Waals surface area contributed by atoms with Crippen molar-refractivity contribution in [3.63, 3.8) is 0 Å². The zero-order chi connectivity index (χ0) is 12.8. The van der Waals surface area contributed by atoms with E-state index in [-0.39, 0.29) is 5.84 Å². The highest BCUT2D eigenvalue weighted by Crippen LogP contribution is 2.19. The molecule has 0 heterocycles. The van der Waals surface area contributed by atoms with Crippen molar-refractivity contribution in [3.8, 4) is 0 Å². The number of halogens is 1. The Morgan fingerprint density at radius 2 is 2.29 bits per heavy atom. The molecule has 0 fully saturated rings. The monoisotopic (exact) mass is 241 g/mol. The lowest BCUT2D eigenvalue weighted by Gasteiger charge is -2.19. The molecule has 0 aliphatic carbocycles. The van der Waals surface area contributed by atoms with E-state index >= 15 is 0 Å². The number of anilines is 1. The van der Waals surface area contributed by atoms with Gasteiger partial charge in [-0.3, -0.25) is 0 Å². The number of likely N-dealkylation sites (N-methyl/N-ethyl adjacent to an activating group) is 1. The van der Waals surface area contributed by atoms with Gasteiger partial charge < -0.3 is 20.6 Å². The summed E-state index contributed by atoms with van der Waals surface area (Å²) in [5.74, 6) is -0.539. The fourth-order valence-electron chi connectivity index (χ4n) is 1.38. The van der Waals surface area contributed by atoms with Crippen molar-refractivity contribution < 1.29 is 14.3 Å². The zero-order valence-electron chi connectivity index (χ0n) is 9.85. The van der Waals surface area contributed by atoms with Crippen LogP contribution in [-0.2, 0) is 4.74 Å². The Morgan fingerprint density at radius 3 is 2.82 bits per heavy atom. The molecule has 1 rings (SSSR count). The van der Waals surface area contributed by atoms with Crippen LogP contribution in [0.5, 0.6) is 0 Å². The number of nitrogens with two attached hydrogens (primary N) is 1. The van der Waals surface area contributed by atoms with Crippen LogP contribution in [0.25, 0.3) is 0 Å². The summed E-state index contributed by atoms with van der Waals surface area (Å²) in [5, 5.41) is 11.3. The van der Waals surface area contributed by atoms with E-state index in [4.69, 9.17) is 15.7 Å². The van der Waals surface area contributed by atoms with Gasteiger partial charge in [-0.05, 0) is 18.2 Å². The van der Waals surface area contributed by atoms with Gasteiger partial charge in [0.15, 0.2) is 5.84 Å². The number of nitrogens with zero attached hydrogens (tertiary/aromatic N) is 2. The number of rotatable bonds is 5. The normalized spacial score (nSPS) is 11.6. The second-order valence-electron chi connectivity index (χ2n) is 3.57. The molecule has 0 aliphatic heterocycles. The second kappa shape index (κ2) is 6.05. The van der Waals surface area contributed by atoms with Gasteiger partial charge in [0.05, 0.1) is 12.3 Å². The third kappa shape index (κ3) is 3.32. The molecule has 1 aromatic rings. The molecule has 0 aromatic heterocycles. The molecule has 0 spiro atoms. The number of hydrogen-bond acceptors (Lipinski definition) is 4. The highest BCUT2D eigenvalue weighted by molar-refractivity contribution is 5.97. The first-order chi connectivity index (χ1) is 8.10. The Hall–Kier alpha value is -1.82. The maximum atomic E-state index is 13.7. The quantitative estimate of drug-likeness (QED) is 0.349. The summed E-state index contributed by atoms with van der Waals surface area (Å²) < 4.78 is 18.7. The minimum Gasteiger partial charge on any atom is -0.409 e. The summed E-state index contributed by atoms with van der Waals surface area (Å²) in [5.41, 5.74) is 6.15. The number of methoxy groups -OCH3 is 1. The fraction of sp³-hybridized carbons (Fsp3) is 0.364. The highest BCUT2D eigenvalue weighted by atomic mass is 19.1. The Kier molecular flexibility index (Phi) is 4.71. The summed E-state index contributed by atoms with van der Waals surface area (Å²) in [6, 6.07) is 4.41. The lowest BCUT2D eigenvalue weighted by atomic mass is 10.1. The highest BCUT2D eigenvalue weighted by Gasteiger charge is 2.09. The van der Waals surface area contributed by atoms with Crippen molar-refractivity contribution in [2.45, 2.75) is 0 Å². The van der Waals surface area contributed by atoms with Crippen LogP contribution in [0, 0.1) is 5.82 Å². The van der Waals surface area contributed by atoms with Crippen LogP contribution < -0.4 is 10.6 Å². The van der Waals surface area contributed by atoms with Crippen LogP contribution in [0.15, 0.2) is 23.4 Å². The second-order valence-corrected chi connectivity index (χ2v) is 3.57.